The van der Waals surface area contributed by atoms with Gasteiger partial charge in [0, 0.05) is 25.2 Å². The van der Waals surface area contributed by atoms with Gasteiger partial charge in [-0.2, -0.15) is 0 Å². The van der Waals surface area contributed by atoms with E-state index in [1.165, 1.54) is 0 Å². The number of benzene rings is 1. The lowest BCUT2D eigenvalue weighted by Gasteiger charge is -2.23. The summed E-state index contributed by atoms with van der Waals surface area (Å²) in [5.41, 5.74) is 1.18. The molecule has 1 aromatic carbocycles. The Kier molecular flexibility index (Phi) is 5.25. The van der Waals surface area contributed by atoms with Crippen molar-refractivity contribution >= 4 is 18.4 Å². The summed E-state index contributed by atoms with van der Waals surface area (Å²) in [6, 6.07) is 7.57. The van der Waals surface area contributed by atoms with Crippen LogP contribution < -0.4 is 4.74 Å². The molecule has 4 rings (SSSR count). The number of fused-ring (bicyclic) bond motifs is 1. The van der Waals surface area contributed by atoms with Gasteiger partial charge in [0.05, 0.1) is 18.2 Å². The highest BCUT2D eigenvalue weighted by molar-refractivity contribution is 5.85. The van der Waals surface area contributed by atoms with Crippen molar-refractivity contribution in [3.8, 4) is 17.2 Å². The number of carboxylic acid groups (broad SMARTS) is 1. The molecule has 0 bridgehead atoms. The number of halogens is 1. The number of carboxylic acids is 1. The molecule has 2 fully saturated rings. The summed E-state index contributed by atoms with van der Waals surface area (Å²) in [6.07, 6.45) is 4.50. The number of aliphatic carboxylic acids is 1. The summed E-state index contributed by atoms with van der Waals surface area (Å²) in [5, 5.41) is 9.68. The van der Waals surface area contributed by atoms with E-state index in [-0.39, 0.29) is 18.3 Å². The number of methoxy groups -OCH3 is 1. The SMILES string of the molecule is COc1ccc(-c2nc(CN3C[C@@H]4CCC[C@@]4(C(=O)O)C3)co2)cc1.Cl. The lowest BCUT2D eigenvalue weighted by molar-refractivity contribution is -0.149. The van der Waals surface area contributed by atoms with Crippen LogP contribution >= 0.6 is 12.4 Å². The van der Waals surface area contributed by atoms with E-state index in [4.69, 9.17) is 9.15 Å². The van der Waals surface area contributed by atoms with Crippen molar-refractivity contribution in [1.29, 1.82) is 0 Å². The van der Waals surface area contributed by atoms with E-state index >= 15 is 0 Å². The van der Waals surface area contributed by atoms with Gasteiger partial charge < -0.3 is 14.3 Å². The molecule has 2 aromatic rings. The van der Waals surface area contributed by atoms with Crippen molar-refractivity contribution in [1.82, 2.24) is 9.88 Å². The second kappa shape index (κ2) is 7.29. The fraction of sp³-hybridized carbons (Fsp3) is 0.474. The van der Waals surface area contributed by atoms with Crippen molar-refractivity contribution in [3.05, 3.63) is 36.2 Å². The van der Waals surface area contributed by atoms with Gasteiger partial charge in [0.15, 0.2) is 0 Å². The molecule has 0 amide bonds. The Bertz CT molecular complexity index is 776. The summed E-state index contributed by atoms with van der Waals surface area (Å²) in [5.74, 6) is 0.984. The zero-order valence-corrected chi connectivity index (χ0v) is 15.5. The van der Waals surface area contributed by atoms with Crippen LogP contribution in [0.4, 0.5) is 0 Å². The molecule has 0 unspecified atom stereocenters. The molecule has 7 heteroatoms. The zero-order valence-electron chi connectivity index (χ0n) is 14.7. The van der Waals surface area contributed by atoms with Crippen LogP contribution in [0.1, 0.15) is 25.0 Å². The maximum Gasteiger partial charge on any atom is 0.311 e. The Morgan fingerprint density at radius 1 is 1.42 bits per heavy atom. The molecule has 1 aromatic heterocycles. The highest BCUT2D eigenvalue weighted by Crippen LogP contribution is 2.49. The monoisotopic (exact) mass is 378 g/mol. The molecule has 1 N–H and O–H groups in total. The third kappa shape index (κ3) is 3.19. The Morgan fingerprint density at radius 3 is 2.85 bits per heavy atom. The predicted molar refractivity (Wildman–Crippen MR) is 98.4 cm³/mol. The normalized spacial score (nSPS) is 24.9. The van der Waals surface area contributed by atoms with Gasteiger partial charge in [-0.15, -0.1) is 12.4 Å². The maximum atomic E-state index is 11.8. The molecule has 0 spiro atoms. The van der Waals surface area contributed by atoms with Crippen LogP contribution in [-0.2, 0) is 11.3 Å². The highest BCUT2D eigenvalue weighted by atomic mass is 35.5. The smallest absolute Gasteiger partial charge is 0.311 e. The number of likely N-dealkylation sites (tertiary alicyclic amines) is 1. The fourth-order valence-corrected chi connectivity index (χ4v) is 4.34. The molecular weight excluding hydrogens is 356 g/mol. The summed E-state index contributed by atoms with van der Waals surface area (Å²) < 4.78 is 10.8. The van der Waals surface area contributed by atoms with Crippen LogP contribution in [0.25, 0.3) is 11.5 Å². The molecule has 2 heterocycles. The van der Waals surface area contributed by atoms with E-state index in [2.05, 4.69) is 9.88 Å². The second-order valence-corrected chi connectivity index (χ2v) is 7.09. The van der Waals surface area contributed by atoms with Crippen LogP contribution in [0.15, 0.2) is 34.9 Å². The van der Waals surface area contributed by atoms with Gasteiger partial charge in [0.1, 0.15) is 12.0 Å². The van der Waals surface area contributed by atoms with E-state index in [0.29, 0.717) is 19.0 Å². The van der Waals surface area contributed by atoms with Crippen LogP contribution in [0, 0.1) is 11.3 Å². The van der Waals surface area contributed by atoms with Crippen molar-refractivity contribution in [2.75, 3.05) is 20.2 Å². The van der Waals surface area contributed by atoms with Crippen LogP contribution in [0.2, 0.25) is 0 Å². The Labute approximate surface area is 158 Å². The molecule has 1 aliphatic heterocycles. The van der Waals surface area contributed by atoms with Crippen LogP contribution in [0.5, 0.6) is 5.75 Å². The van der Waals surface area contributed by atoms with Crippen molar-refractivity contribution in [2.24, 2.45) is 11.3 Å². The number of ether oxygens (including phenoxy) is 1. The number of rotatable bonds is 5. The van der Waals surface area contributed by atoms with Gasteiger partial charge in [0.25, 0.3) is 0 Å². The minimum Gasteiger partial charge on any atom is -0.497 e. The van der Waals surface area contributed by atoms with E-state index in [0.717, 1.165) is 42.8 Å². The third-order valence-electron chi connectivity index (χ3n) is 5.64. The number of hydrogen-bond acceptors (Lipinski definition) is 5. The first-order valence-electron chi connectivity index (χ1n) is 8.65. The Hall–Kier alpha value is -2.05. The van der Waals surface area contributed by atoms with Gasteiger partial charge in [-0.3, -0.25) is 9.69 Å². The summed E-state index contributed by atoms with van der Waals surface area (Å²) in [4.78, 5) is 18.5. The largest absolute Gasteiger partial charge is 0.497 e. The first kappa shape index (κ1) is 18.7. The Balaban J connectivity index is 0.00000196. The summed E-state index contributed by atoms with van der Waals surface area (Å²) in [6.45, 7) is 2.07. The van der Waals surface area contributed by atoms with E-state index in [9.17, 15) is 9.90 Å². The van der Waals surface area contributed by atoms with Gasteiger partial charge in [-0.1, -0.05) is 6.42 Å². The molecule has 1 saturated heterocycles. The van der Waals surface area contributed by atoms with E-state index in [1.807, 2.05) is 24.3 Å². The lowest BCUT2D eigenvalue weighted by atomic mass is 9.81. The molecular formula is C19H23ClN2O4. The first-order valence-corrected chi connectivity index (χ1v) is 8.65. The van der Waals surface area contributed by atoms with Crippen molar-refractivity contribution in [3.63, 3.8) is 0 Å². The number of oxazole rings is 1. The molecule has 2 aliphatic rings. The standard InChI is InChI=1S/C19H22N2O4.ClH/c1-24-16-6-4-13(5-7-16)17-20-15(11-25-17)10-21-9-14-3-2-8-19(14,12-21)18(22)23;/h4-7,11,14H,2-3,8-10,12H2,1H3,(H,22,23);1H/t14-,19+;/m0./s1. The molecule has 2 atom stereocenters. The van der Waals surface area contributed by atoms with Crippen molar-refractivity contribution < 1.29 is 19.1 Å². The van der Waals surface area contributed by atoms with Crippen LogP contribution in [-0.4, -0.2) is 41.2 Å². The molecule has 1 aliphatic carbocycles. The van der Waals surface area contributed by atoms with Gasteiger partial charge in [0.2, 0.25) is 5.89 Å². The quantitative estimate of drug-likeness (QED) is 0.858. The lowest BCUT2D eigenvalue weighted by Crippen LogP contribution is -2.35. The molecule has 26 heavy (non-hydrogen) atoms. The Morgan fingerprint density at radius 2 is 2.19 bits per heavy atom. The molecule has 1 saturated carbocycles. The number of nitrogens with zero attached hydrogens (tertiary/aromatic N) is 2. The van der Waals surface area contributed by atoms with E-state index < -0.39 is 11.4 Å². The zero-order chi connectivity index (χ0) is 17.4. The fourth-order valence-electron chi connectivity index (χ4n) is 4.34. The average Bonchev–Trinajstić information content (AvgIpc) is 3.29. The topological polar surface area (TPSA) is 75.8 Å². The highest BCUT2D eigenvalue weighted by Gasteiger charge is 2.54. The first-order chi connectivity index (χ1) is 12.1. The minimum absolute atomic E-state index is 0. The minimum atomic E-state index is -0.642. The molecule has 140 valence electrons. The summed E-state index contributed by atoms with van der Waals surface area (Å²) >= 11 is 0. The van der Waals surface area contributed by atoms with Gasteiger partial charge in [-0.25, -0.2) is 4.98 Å². The number of hydrogen-bond donors (Lipinski definition) is 1. The number of carbonyl (C=O) groups is 1. The number of aromatic nitrogens is 1. The van der Waals surface area contributed by atoms with Gasteiger partial charge >= 0.3 is 5.97 Å². The molecule has 6 nitrogen and oxygen atoms in total. The average molecular weight is 379 g/mol. The summed E-state index contributed by atoms with van der Waals surface area (Å²) in [7, 11) is 1.63. The maximum absolute atomic E-state index is 11.8. The van der Waals surface area contributed by atoms with Gasteiger partial charge in [-0.05, 0) is 43.0 Å². The van der Waals surface area contributed by atoms with Crippen molar-refractivity contribution in [2.45, 2.75) is 25.8 Å². The third-order valence-corrected chi connectivity index (χ3v) is 5.64. The van der Waals surface area contributed by atoms with Crippen LogP contribution in [0.3, 0.4) is 0 Å². The second-order valence-electron chi connectivity index (χ2n) is 7.09. The van der Waals surface area contributed by atoms with E-state index in [1.54, 1.807) is 13.4 Å². The predicted octanol–water partition coefficient (Wildman–Crippen LogP) is 3.46. The molecule has 0 radical (unpaired) electrons.